The molecule has 164 valence electrons. The highest BCUT2D eigenvalue weighted by Gasteiger charge is 2.39. The molecule has 8 nitrogen and oxygen atoms in total. The molecule has 0 bridgehead atoms. The summed E-state index contributed by atoms with van der Waals surface area (Å²) in [5.41, 5.74) is 2.43. The van der Waals surface area contributed by atoms with E-state index < -0.39 is 23.5 Å². The van der Waals surface area contributed by atoms with Crippen molar-refractivity contribution in [3.8, 4) is 5.75 Å². The monoisotopic (exact) mass is 434 g/mol. The van der Waals surface area contributed by atoms with Gasteiger partial charge in [0.2, 0.25) is 23.4 Å². The molecule has 32 heavy (non-hydrogen) atoms. The van der Waals surface area contributed by atoms with Crippen LogP contribution in [0.25, 0.3) is 0 Å². The molecule has 2 aliphatic rings. The van der Waals surface area contributed by atoms with Gasteiger partial charge in [0.15, 0.2) is 0 Å². The van der Waals surface area contributed by atoms with Crippen molar-refractivity contribution in [1.29, 1.82) is 0 Å². The van der Waals surface area contributed by atoms with Gasteiger partial charge in [-0.15, -0.1) is 0 Å². The van der Waals surface area contributed by atoms with Gasteiger partial charge in [-0.3, -0.25) is 29.3 Å². The van der Waals surface area contributed by atoms with Gasteiger partial charge in [0.05, 0.1) is 7.11 Å². The lowest BCUT2D eigenvalue weighted by Gasteiger charge is -2.29. The number of nitrogens with zero attached hydrogens (tertiary/aromatic N) is 1. The predicted molar refractivity (Wildman–Crippen MR) is 113 cm³/mol. The van der Waals surface area contributed by atoms with Gasteiger partial charge in [-0.1, -0.05) is 12.1 Å². The summed E-state index contributed by atoms with van der Waals surface area (Å²) < 4.78 is 5.05. The van der Waals surface area contributed by atoms with Crippen molar-refractivity contribution in [2.75, 3.05) is 7.11 Å². The summed E-state index contributed by atoms with van der Waals surface area (Å²) in [6, 6.07) is 11.0. The molecule has 4 rings (SSSR count). The van der Waals surface area contributed by atoms with Gasteiger partial charge in [-0.25, -0.2) is 0 Å². The second kappa shape index (κ2) is 8.74. The molecule has 3 amide bonds. The van der Waals surface area contributed by atoms with Crippen molar-refractivity contribution >= 4 is 29.3 Å². The maximum absolute atomic E-state index is 12.7. The molecule has 0 saturated carbocycles. The smallest absolute Gasteiger partial charge is 0.255 e. The highest BCUT2D eigenvalue weighted by atomic mass is 16.5. The van der Waals surface area contributed by atoms with Crippen molar-refractivity contribution in [3.05, 3.63) is 64.7 Å². The van der Waals surface area contributed by atoms with E-state index in [-0.39, 0.29) is 31.2 Å². The van der Waals surface area contributed by atoms with Gasteiger partial charge in [0, 0.05) is 30.5 Å². The molecule has 8 heteroatoms. The lowest BCUT2D eigenvalue weighted by atomic mass is 9.99. The Morgan fingerprint density at radius 1 is 1.09 bits per heavy atom. The number of aryl methyl sites for hydroxylation is 1. The van der Waals surface area contributed by atoms with E-state index in [9.17, 15) is 24.0 Å². The lowest BCUT2D eigenvalue weighted by molar-refractivity contribution is -0.136. The molecular weight excluding hydrogens is 412 g/mol. The summed E-state index contributed by atoms with van der Waals surface area (Å²) in [6.45, 7) is 0.271. The fourth-order valence-corrected chi connectivity index (χ4v) is 4.06. The first-order valence-corrected chi connectivity index (χ1v) is 10.4. The highest BCUT2D eigenvalue weighted by Crippen LogP contribution is 2.28. The number of methoxy groups -OCH3 is 1. The number of amides is 3. The maximum Gasteiger partial charge on any atom is 0.255 e. The minimum Gasteiger partial charge on any atom is -0.497 e. The van der Waals surface area contributed by atoms with E-state index in [1.807, 2.05) is 6.07 Å². The van der Waals surface area contributed by atoms with Crippen LogP contribution < -0.4 is 10.1 Å². The number of hydrogen-bond acceptors (Lipinski definition) is 6. The van der Waals surface area contributed by atoms with E-state index in [4.69, 9.17) is 4.74 Å². The lowest BCUT2D eigenvalue weighted by Crippen LogP contribution is -2.52. The van der Waals surface area contributed by atoms with E-state index in [0.29, 0.717) is 29.7 Å². The molecule has 1 saturated heterocycles. The topological polar surface area (TPSA) is 110 Å². The molecular formula is C24H22N2O6. The van der Waals surface area contributed by atoms with E-state index in [1.54, 1.807) is 36.4 Å². The summed E-state index contributed by atoms with van der Waals surface area (Å²) in [6.07, 6.45) is 0.917. The number of carbonyl (C=O) groups is 5. The van der Waals surface area contributed by atoms with Crippen molar-refractivity contribution < 1.29 is 28.7 Å². The Morgan fingerprint density at radius 3 is 2.53 bits per heavy atom. The summed E-state index contributed by atoms with van der Waals surface area (Å²) in [7, 11) is 1.52. The number of rotatable bonds is 7. The van der Waals surface area contributed by atoms with Gasteiger partial charge < -0.3 is 9.64 Å². The van der Waals surface area contributed by atoms with Gasteiger partial charge in [0.1, 0.15) is 11.8 Å². The molecule has 0 radical (unpaired) electrons. The largest absolute Gasteiger partial charge is 0.497 e. The van der Waals surface area contributed by atoms with E-state index in [2.05, 4.69) is 5.32 Å². The SMILES string of the molecule is COc1ccc(C(=O)C(=O)CCc2ccc3c(c2)CN(C2CCC(=O)NC2=O)C3=O)cc1. The number of imide groups is 1. The minimum absolute atomic E-state index is 0.0501. The van der Waals surface area contributed by atoms with Gasteiger partial charge in [-0.2, -0.15) is 0 Å². The summed E-state index contributed by atoms with van der Waals surface area (Å²) in [5, 5.41) is 2.28. The standard InChI is InChI=1S/C24H22N2O6/c1-32-17-6-4-15(5-7-17)22(29)20(27)10-3-14-2-8-18-16(12-14)13-26(24(18)31)19-9-11-21(28)25-23(19)30/h2,4-8,12,19H,3,9-11,13H2,1H3,(H,25,28,30). The van der Waals surface area contributed by atoms with Crippen LogP contribution in [0.5, 0.6) is 5.75 Å². The number of ketones is 2. The van der Waals surface area contributed by atoms with Crippen LogP contribution in [0, 0.1) is 0 Å². The van der Waals surface area contributed by atoms with Crippen molar-refractivity contribution in [2.24, 2.45) is 0 Å². The summed E-state index contributed by atoms with van der Waals surface area (Å²) in [4.78, 5) is 62.5. The van der Waals surface area contributed by atoms with Gasteiger partial charge >= 0.3 is 0 Å². The van der Waals surface area contributed by atoms with Crippen LogP contribution in [0.1, 0.15) is 51.1 Å². The quantitative estimate of drug-likeness (QED) is 0.405. The Kier molecular flexibility index (Phi) is 5.85. The number of ether oxygens (including phenoxy) is 1. The molecule has 2 aromatic rings. The van der Waals surface area contributed by atoms with Crippen LogP contribution in [0.4, 0.5) is 0 Å². The zero-order chi connectivity index (χ0) is 22.8. The summed E-state index contributed by atoms with van der Waals surface area (Å²) in [5.74, 6) is -1.46. The molecule has 1 fully saturated rings. The number of benzene rings is 2. The zero-order valence-electron chi connectivity index (χ0n) is 17.6. The minimum atomic E-state index is -0.667. The van der Waals surface area contributed by atoms with E-state index >= 15 is 0 Å². The highest BCUT2D eigenvalue weighted by molar-refractivity contribution is 6.43. The summed E-state index contributed by atoms with van der Waals surface area (Å²) >= 11 is 0. The molecule has 0 spiro atoms. The fraction of sp³-hybridized carbons (Fsp3) is 0.292. The molecule has 1 N–H and O–H groups in total. The van der Waals surface area contributed by atoms with Crippen LogP contribution in [0.15, 0.2) is 42.5 Å². The van der Waals surface area contributed by atoms with Crippen LogP contribution in [-0.4, -0.2) is 47.3 Å². The number of Topliss-reactive ketones (excluding diaryl/α,β-unsaturated/α-hetero) is 2. The third kappa shape index (κ3) is 4.16. The second-order valence-electron chi connectivity index (χ2n) is 7.87. The third-order valence-corrected chi connectivity index (χ3v) is 5.83. The van der Waals surface area contributed by atoms with Gasteiger partial charge in [-0.05, 0) is 54.3 Å². The number of hydrogen-bond donors (Lipinski definition) is 1. The van der Waals surface area contributed by atoms with Gasteiger partial charge in [0.25, 0.3) is 5.91 Å². The average molecular weight is 434 g/mol. The average Bonchev–Trinajstić information content (AvgIpc) is 3.12. The Labute approximate surface area is 184 Å². The van der Waals surface area contributed by atoms with Crippen molar-refractivity contribution in [2.45, 2.75) is 38.3 Å². The first-order chi connectivity index (χ1) is 15.4. The van der Waals surface area contributed by atoms with Crippen LogP contribution >= 0.6 is 0 Å². The first-order valence-electron chi connectivity index (χ1n) is 10.4. The van der Waals surface area contributed by atoms with Crippen LogP contribution in [-0.2, 0) is 27.3 Å². The Hall–Kier alpha value is -3.81. The van der Waals surface area contributed by atoms with E-state index in [0.717, 1.165) is 11.1 Å². The Morgan fingerprint density at radius 2 is 1.84 bits per heavy atom. The number of piperidine rings is 1. The number of carbonyl (C=O) groups excluding carboxylic acids is 5. The van der Waals surface area contributed by atoms with E-state index in [1.165, 1.54) is 12.0 Å². The normalized spacial score (nSPS) is 17.7. The molecule has 2 aromatic carbocycles. The zero-order valence-corrected chi connectivity index (χ0v) is 17.6. The molecule has 1 atom stereocenters. The number of nitrogens with one attached hydrogen (secondary N) is 1. The fourth-order valence-electron chi connectivity index (χ4n) is 4.06. The molecule has 1 unspecified atom stereocenters. The molecule has 0 aromatic heterocycles. The van der Waals surface area contributed by atoms with Crippen molar-refractivity contribution in [1.82, 2.24) is 10.2 Å². The Balaban J connectivity index is 1.39. The molecule has 0 aliphatic carbocycles. The first kappa shape index (κ1) is 21.4. The maximum atomic E-state index is 12.7. The number of fused-ring (bicyclic) bond motifs is 1. The predicted octanol–water partition coefficient (Wildman–Crippen LogP) is 1.84. The van der Waals surface area contributed by atoms with Crippen LogP contribution in [0.3, 0.4) is 0 Å². The van der Waals surface area contributed by atoms with Crippen LogP contribution in [0.2, 0.25) is 0 Å². The second-order valence-corrected chi connectivity index (χ2v) is 7.87. The van der Waals surface area contributed by atoms with Crippen molar-refractivity contribution in [3.63, 3.8) is 0 Å². The Bertz CT molecular complexity index is 1120. The molecule has 2 heterocycles. The third-order valence-electron chi connectivity index (χ3n) is 5.83. The molecule has 2 aliphatic heterocycles.